The number of fused-ring (bicyclic) bond motifs is 4. The predicted molar refractivity (Wildman–Crippen MR) is 155 cm³/mol. The molecule has 6 heteroatoms. The van der Waals surface area contributed by atoms with Crippen molar-refractivity contribution in [3.63, 3.8) is 0 Å². The first-order valence-electron chi connectivity index (χ1n) is 13.8. The molecule has 2 heterocycles. The second-order valence-corrected chi connectivity index (χ2v) is 10.7. The van der Waals surface area contributed by atoms with E-state index in [1.54, 1.807) is 24.3 Å². The molecular weight excluding hydrogens is 500 g/mol. The van der Waals surface area contributed by atoms with Gasteiger partial charge in [-0.15, -0.1) is 0 Å². The van der Waals surface area contributed by atoms with E-state index in [0.717, 1.165) is 64.6 Å². The Kier molecular flexibility index (Phi) is 2.94. The van der Waals surface area contributed by atoms with Crippen LogP contribution in [0.1, 0.15) is 41.4 Å². The van der Waals surface area contributed by atoms with E-state index in [2.05, 4.69) is 24.3 Å². The molecule has 0 aliphatic carbocycles. The highest BCUT2D eigenvalue weighted by Crippen LogP contribution is 2.49. The number of hydrogen-bond acceptors (Lipinski definition) is 4. The highest BCUT2D eigenvalue weighted by Gasteiger charge is 2.30. The molecule has 0 fully saturated rings. The van der Waals surface area contributed by atoms with Crippen molar-refractivity contribution in [2.75, 3.05) is 0 Å². The van der Waals surface area contributed by atoms with Gasteiger partial charge in [-0.3, -0.25) is 29.8 Å². The molecule has 4 amide bonds. The number of carbonyl (C=O) groups excluding carboxylic acids is 4. The van der Waals surface area contributed by atoms with Crippen molar-refractivity contribution in [2.24, 2.45) is 0 Å². The van der Waals surface area contributed by atoms with E-state index < -0.39 is 23.6 Å². The summed E-state index contributed by atoms with van der Waals surface area (Å²) in [7, 11) is 0. The third-order valence-corrected chi connectivity index (χ3v) is 8.97. The standard InChI is InChI=1S/C34H14N2O4/c37-31-21-9-5-17-13-1-2-14-18-6-10-23-30-24(34(40)36-33(23)39)12-8-20(28(18)30)16-4-3-15(25(13)26(14)16)19-7-11-22(32(38)35-31)29(21)27(17)19/h1-12H,(H,35,37,38)(H,36,39,40)/i/hT2. The summed E-state index contributed by atoms with van der Waals surface area (Å²) in [6.07, 6.45) is 0. The van der Waals surface area contributed by atoms with Crippen molar-refractivity contribution in [3.05, 3.63) is 95.1 Å². The zero-order chi connectivity index (χ0) is 28.3. The first kappa shape index (κ1) is 18.6. The molecule has 10 rings (SSSR count). The largest absolute Gasteiger partial charge is 0.288 e. The van der Waals surface area contributed by atoms with Gasteiger partial charge < -0.3 is 0 Å². The molecule has 0 saturated heterocycles. The summed E-state index contributed by atoms with van der Waals surface area (Å²) in [6.45, 7) is 0. The Morgan fingerprint density at radius 1 is 0.325 bits per heavy atom. The van der Waals surface area contributed by atoms with Gasteiger partial charge in [0.25, 0.3) is 23.6 Å². The van der Waals surface area contributed by atoms with Crippen LogP contribution < -0.4 is 10.6 Å². The van der Waals surface area contributed by atoms with E-state index in [1.807, 2.05) is 24.3 Å². The van der Waals surface area contributed by atoms with Gasteiger partial charge in [0.15, 0.2) is 2.82 Å². The number of nitrogens with one attached hydrogen (secondary N) is 2. The summed E-state index contributed by atoms with van der Waals surface area (Å²) in [5.41, 5.74) is 1.38. The van der Waals surface area contributed by atoms with E-state index in [4.69, 9.17) is 2.82 Å². The molecule has 40 heavy (non-hydrogen) atoms. The normalized spacial score (nSPS) is 16.3. The molecule has 0 saturated carbocycles. The molecule has 0 radical (unpaired) electrons. The lowest BCUT2D eigenvalue weighted by Gasteiger charge is -2.23. The molecule has 2 N–H and O–H groups in total. The summed E-state index contributed by atoms with van der Waals surface area (Å²) in [5.74, 6) is -2.52. The highest BCUT2D eigenvalue weighted by molar-refractivity contribution is 6.45. The predicted octanol–water partition coefficient (Wildman–Crippen LogP) is 6.40. The Bertz CT molecular complexity index is 2340. The van der Waals surface area contributed by atoms with Crippen molar-refractivity contribution in [3.8, 4) is 0 Å². The maximum atomic E-state index is 12.9. The Hall–Kier alpha value is -5.62. The van der Waals surface area contributed by atoms with Crippen molar-refractivity contribution < 1.29 is 22.0 Å². The maximum absolute atomic E-state index is 12.9. The minimum atomic E-state index is -0.630. The van der Waals surface area contributed by atoms with Crippen molar-refractivity contribution >= 4 is 99.0 Å². The van der Waals surface area contributed by atoms with Crippen LogP contribution in [0.25, 0.3) is 75.4 Å². The van der Waals surface area contributed by atoms with Crippen LogP contribution in [0.3, 0.4) is 0 Å². The molecule has 8 aromatic carbocycles. The van der Waals surface area contributed by atoms with E-state index in [0.29, 0.717) is 43.6 Å². The Labute approximate surface area is 226 Å². The van der Waals surface area contributed by atoms with Gasteiger partial charge >= 0.3 is 0 Å². The van der Waals surface area contributed by atoms with E-state index in [9.17, 15) is 19.2 Å². The fraction of sp³-hybridized carbons (Fsp3) is 0. The first-order valence-corrected chi connectivity index (χ1v) is 12.9. The Morgan fingerprint density at radius 3 is 0.775 bits per heavy atom. The molecule has 2 aliphatic heterocycles. The number of imide groups is 2. The number of benzene rings is 8. The average molecular weight is 519 g/mol. The maximum Gasteiger partial charge on any atom is 0.258 e. The van der Waals surface area contributed by atoms with Crippen LogP contribution in [0.2, 0.25) is 2.82 Å². The minimum Gasteiger partial charge on any atom is -0.288 e. The third-order valence-electron chi connectivity index (χ3n) is 8.97. The topological polar surface area (TPSA) is 92.3 Å². The second kappa shape index (κ2) is 6.33. The number of carbonyl (C=O) groups is 4. The number of hydrogen-bond donors (Lipinski definition) is 2. The number of amides is 4. The highest BCUT2D eigenvalue weighted by atomic mass is 16.2. The monoisotopic (exact) mass is 518 g/mol. The molecule has 184 valence electrons. The zero-order valence-electron chi connectivity index (χ0n) is 22.5. The first-order chi connectivity index (χ1) is 20.4. The molecule has 0 unspecified atom stereocenters. The van der Waals surface area contributed by atoms with E-state index >= 15 is 0 Å². The van der Waals surface area contributed by atoms with Crippen molar-refractivity contribution in [2.45, 2.75) is 0 Å². The summed E-state index contributed by atoms with van der Waals surface area (Å²) >= 11 is 0. The van der Waals surface area contributed by atoms with Gasteiger partial charge in [-0.25, -0.2) is 0 Å². The summed E-state index contributed by atoms with van der Waals surface area (Å²) in [5, 5.41) is 13.4. The molecule has 0 spiro atoms. The van der Waals surface area contributed by atoms with Crippen LogP contribution in [-0.2, 0) is 0 Å². The smallest absolute Gasteiger partial charge is 0.258 e. The van der Waals surface area contributed by atoms with Crippen LogP contribution in [0.5, 0.6) is 0 Å². The van der Waals surface area contributed by atoms with Crippen LogP contribution in [0, 0.1) is 0 Å². The summed E-state index contributed by atoms with van der Waals surface area (Å²) in [4.78, 5) is 51.7. The quantitative estimate of drug-likeness (QED) is 0.138. The summed E-state index contributed by atoms with van der Waals surface area (Å²) < 4.78 is 16.0. The molecule has 8 aromatic rings. The average Bonchev–Trinajstić information content (AvgIpc) is 3.02. The lowest BCUT2D eigenvalue weighted by molar-refractivity contribution is 0.0828. The van der Waals surface area contributed by atoms with Crippen LogP contribution >= 0.6 is 0 Å². The lowest BCUT2D eigenvalue weighted by atomic mass is 9.81. The number of rotatable bonds is 0. The van der Waals surface area contributed by atoms with Crippen LogP contribution in [-0.4, -0.2) is 23.6 Å². The molecule has 6 nitrogen and oxygen atoms in total. The third kappa shape index (κ3) is 2.06. The van der Waals surface area contributed by atoms with Crippen LogP contribution in [0.15, 0.2) is 72.8 Å². The Morgan fingerprint density at radius 2 is 0.525 bits per heavy atom. The van der Waals surface area contributed by atoms with Crippen LogP contribution in [0.4, 0.5) is 0 Å². The minimum absolute atomic E-state index is 0.346. The molecule has 2 aliphatic rings. The van der Waals surface area contributed by atoms with Gasteiger partial charge in [0, 0.05) is 33.0 Å². The van der Waals surface area contributed by atoms with E-state index in [-0.39, 0.29) is 0 Å². The van der Waals surface area contributed by atoms with Gasteiger partial charge in [0.1, 0.15) is 0 Å². The van der Waals surface area contributed by atoms with Crippen molar-refractivity contribution in [1.29, 1.82) is 0 Å². The molecular formula is C34H14N2O4. The van der Waals surface area contributed by atoms with Gasteiger partial charge in [0.05, 0.1) is 0 Å². The Balaban J connectivity index is 1.44. The lowest BCUT2D eigenvalue weighted by Crippen LogP contribution is -2.34. The van der Waals surface area contributed by atoms with Gasteiger partial charge in [-0.05, 0) is 88.9 Å². The fourth-order valence-electron chi connectivity index (χ4n) is 7.42. The molecule has 0 aromatic heterocycles. The van der Waals surface area contributed by atoms with Gasteiger partial charge in [0.2, 0.25) is 0 Å². The summed E-state index contributed by atoms with van der Waals surface area (Å²) in [6, 6.07) is 22.7. The molecule has 0 bridgehead atoms. The van der Waals surface area contributed by atoms with E-state index in [1.165, 1.54) is 0 Å². The fourth-order valence-corrected chi connectivity index (χ4v) is 7.42. The SMILES string of the molecule is [3H]N1C(=O)c2ccc3c4ccc5c6ccc7c8c(ccc(c9ccc(c%10ccc(c2c3%10)C1=O)c4c59)c86)C(=O)N([3H])C7=O. The van der Waals surface area contributed by atoms with Gasteiger partial charge in [-0.1, -0.05) is 48.5 Å². The zero-order valence-corrected chi connectivity index (χ0v) is 20.5. The molecule has 0 atom stereocenters. The second-order valence-electron chi connectivity index (χ2n) is 10.7. The van der Waals surface area contributed by atoms with Gasteiger partial charge in [-0.2, -0.15) is 0 Å². The van der Waals surface area contributed by atoms with Crippen molar-refractivity contribution in [1.82, 2.24) is 10.6 Å².